The number of aromatic nitrogens is 3. The topological polar surface area (TPSA) is 101 Å². The normalized spacial score (nSPS) is 10.3. The molecule has 0 spiro atoms. The van der Waals surface area contributed by atoms with Gasteiger partial charge in [0.05, 0.1) is 11.6 Å². The number of hydrogen-bond acceptors (Lipinski definition) is 6. The van der Waals surface area contributed by atoms with Crippen LogP contribution in [0.25, 0.3) is 0 Å². The second-order valence-corrected chi connectivity index (χ2v) is 5.79. The van der Waals surface area contributed by atoms with E-state index in [9.17, 15) is 0 Å². The van der Waals surface area contributed by atoms with Gasteiger partial charge in [-0.3, -0.25) is 0 Å². The number of benzene rings is 2. The van der Waals surface area contributed by atoms with Gasteiger partial charge in [0.15, 0.2) is 0 Å². The summed E-state index contributed by atoms with van der Waals surface area (Å²) in [6, 6.07) is 15.3. The zero-order valence-corrected chi connectivity index (χ0v) is 14.1. The van der Waals surface area contributed by atoms with Gasteiger partial charge in [0.25, 0.3) is 0 Å². The Morgan fingerprint density at radius 2 is 1.68 bits per heavy atom. The van der Waals surface area contributed by atoms with Crippen LogP contribution in [0.3, 0.4) is 0 Å². The lowest BCUT2D eigenvalue weighted by Crippen LogP contribution is -2.08. The highest BCUT2D eigenvalue weighted by Gasteiger charge is 2.09. The van der Waals surface area contributed by atoms with Crippen molar-refractivity contribution in [3.05, 3.63) is 70.5 Å². The molecule has 3 rings (SSSR count). The van der Waals surface area contributed by atoms with Crippen LogP contribution in [0.4, 0.5) is 17.6 Å². The summed E-state index contributed by atoms with van der Waals surface area (Å²) in [5.74, 6) is 1.17. The molecular weight excluding hydrogens is 312 g/mol. The number of nitriles is 1. The predicted octanol–water partition coefficient (Wildman–Crippen LogP) is 3.28. The Bertz CT molecular complexity index is 921. The molecule has 0 unspecified atom stereocenters. The summed E-state index contributed by atoms with van der Waals surface area (Å²) >= 11 is 0. The van der Waals surface area contributed by atoms with Crippen molar-refractivity contribution in [3.8, 4) is 6.07 Å². The van der Waals surface area contributed by atoms with E-state index < -0.39 is 0 Å². The van der Waals surface area contributed by atoms with Gasteiger partial charge in [0, 0.05) is 12.1 Å². The van der Waals surface area contributed by atoms with E-state index in [0.717, 1.165) is 5.69 Å². The average Bonchev–Trinajstić information content (AvgIpc) is 2.58. The van der Waals surface area contributed by atoms with Gasteiger partial charge in [0.2, 0.25) is 11.9 Å². The molecule has 0 amide bonds. The summed E-state index contributed by atoms with van der Waals surface area (Å²) in [4.78, 5) is 12.9. The third-order valence-corrected chi connectivity index (χ3v) is 3.95. The Hall–Kier alpha value is -3.46. The molecule has 3 N–H and O–H groups in total. The van der Waals surface area contributed by atoms with Crippen LogP contribution in [0.15, 0.2) is 42.5 Å². The van der Waals surface area contributed by atoms with Crippen molar-refractivity contribution >= 4 is 17.6 Å². The van der Waals surface area contributed by atoms with Gasteiger partial charge in [-0.05, 0) is 54.8 Å². The minimum Gasteiger partial charge on any atom is -0.368 e. The van der Waals surface area contributed by atoms with E-state index in [4.69, 9.17) is 11.0 Å². The Morgan fingerprint density at radius 3 is 2.32 bits per heavy atom. The van der Waals surface area contributed by atoms with Crippen LogP contribution in [0.5, 0.6) is 0 Å². The van der Waals surface area contributed by atoms with E-state index in [2.05, 4.69) is 52.3 Å². The summed E-state index contributed by atoms with van der Waals surface area (Å²) in [6.07, 6.45) is 0.591. The van der Waals surface area contributed by atoms with E-state index in [1.807, 2.05) is 6.07 Å². The molecule has 0 saturated carbocycles. The minimum atomic E-state index is 0.174. The Morgan fingerprint density at radius 1 is 1.00 bits per heavy atom. The van der Waals surface area contributed by atoms with Crippen LogP contribution in [0.2, 0.25) is 0 Å². The number of hydrogen-bond donors (Lipinski definition) is 2. The molecule has 1 heterocycles. The summed E-state index contributed by atoms with van der Waals surface area (Å²) in [7, 11) is 0. The largest absolute Gasteiger partial charge is 0.368 e. The lowest BCUT2D eigenvalue weighted by atomic mass is 10.00. The van der Waals surface area contributed by atoms with Crippen LogP contribution >= 0.6 is 0 Å². The van der Waals surface area contributed by atoms with Crippen molar-refractivity contribution in [2.75, 3.05) is 11.1 Å². The SMILES string of the molecule is Cc1cccc(C)c1Cc1nc(N)nc(Nc2ccc(C#N)cc2)n1. The molecule has 0 aliphatic carbocycles. The zero-order valence-electron chi connectivity index (χ0n) is 14.1. The van der Waals surface area contributed by atoms with Crippen molar-refractivity contribution in [3.63, 3.8) is 0 Å². The Kier molecular flexibility index (Phi) is 4.57. The minimum absolute atomic E-state index is 0.174. The van der Waals surface area contributed by atoms with Crippen LogP contribution in [-0.2, 0) is 6.42 Å². The van der Waals surface area contributed by atoms with Gasteiger partial charge >= 0.3 is 0 Å². The fourth-order valence-corrected chi connectivity index (χ4v) is 2.62. The van der Waals surface area contributed by atoms with Crippen LogP contribution in [-0.4, -0.2) is 15.0 Å². The molecule has 2 aromatic carbocycles. The van der Waals surface area contributed by atoms with E-state index in [0.29, 0.717) is 23.8 Å². The van der Waals surface area contributed by atoms with Gasteiger partial charge in [-0.25, -0.2) is 0 Å². The highest BCUT2D eigenvalue weighted by atomic mass is 15.2. The van der Waals surface area contributed by atoms with E-state index in [1.165, 1.54) is 16.7 Å². The van der Waals surface area contributed by atoms with Crippen molar-refractivity contribution in [2.24, 2.45) is 0 Å². The van der Waals surface area contributed by atoms with Crippen molar-refractivity contribution in [2.45, 2.75) is 20.3 Å². The second kappa shape index (κ2) is 6.97. The number of aryl methyl sites for hydroxylation is 2. The molecule has 0 radical (unpaired) electrons. The van der Waals surface area contributed by atoms with Gasteiger partial charge in [0.1, 0.15) is 5.82 Å². The summed E-state index contributed by atoms with van der Waals surface area (Å²) in [5.41, 5.74) is 10.8. The van der Waals surface area contributed by atoms with E-state index in [-0.39, 0.29) is 5.95 Å². The number of nitrogen functional groups attached to an aromatic ring is 1. The first-order valence-electron chi connectivity index (χ1n) is 7.88. The molecule has 0 atom stereocenters. The van der Waals surface area contributed by atoms with E-state index in [1.54, 1.807) is 24.3 Å². The molecule has 6 heteroatoms. The van der Waals surface area contributed by atoms with Gasteiger partial charge < -0.3 is 11.1 Å². The molecular formula is C19H18N6. The lowest BCUT2D eigenvalue weighted by molar-refractivity contribution is 0.925. The predicted molar refractivity (Wildman–Crippen MR) is 97.4 cm³/mol. The Balaban J connectivity index is 1.86. The monoisotopic (exact) mass is 330 g/mol. The van der Waals surface area contributed by atoms with Crippen molar-refractivity contribution in [1.82, 2.24) is 15.0 Å². The fourth-order valence-electron chi connectivity index (χ4n) is 2.62. The second-order valence-electron chi connectivity index (χ2n) is 5.79. The fraction of sp³-hybridized carbons (Fsp3) is 0.158. The highest BCUT2D eigenvalue weighted by Crippen LogP contribution is 2.19. The smallest absolute Gasteiger partial charge is 0.232 e. The molecule has 3 aromatic rings. The molecule has 124 valence electrons. The van der Waals surface area contributed by atoms with Crippen LogP contribution in [0.1, 0.15) is 28.1 Å². The van der Waals surface area contributed by atoms with Crippen LogP contribution in [0, 0.1) is 25.2 Å². The summed E-state index contributed by atoms with van der Waals surface area (Å²) in [5, 5.41) is 12.0. The highest BCUT2D eigenvalue weighted by molar-refractivity contribution is 5.55. The standard InChI is InChI=1S/C19H18N6/c1-12-4-3-5-13(2)16(12)10-17-23-18(21)25-19(24-17)22-15-8-6-14(11-20)7-9-15/h3-9H,10H2,1-2H3,(H3,21,22,23,24,25). The number of nitrogens with one attached hydrogen (secondary N) is 1. The number of rotatable bonds is 4. The lowest BCUT2D eigenvalue weighted by Gasteiger charge is -2.10. The summed E-state index contributed by atoms with van der Waals surface area (Å²) in [6.45, 7) is 4.14. The first kappa shape index (κ1) is 16.4. The van der Waals surface area contributed by atoms with Crippen LogP contribution < -0.4 is 11.1 Å². The quantitative estimate of drug-likeness (QED) is 0.761. The zero-order chi connectivity index (χ0) is 17.8. The van der Waals surface area contributed by atoms with Gasteiger partial charge in [-0.1, -0.05) is 18.2 Å². The molecule has 0 fully saturated rings. The Labute approximate surface area is 146 Å². The summed E-state index contributed by atoms with van der Waals surface area (Å²) < 4.78 is 0. The third-order valence-electron chi connectivity index (χ3n) is 3.95. The first-order valence-corrected chi connectivity index (χ1v) is 7.88. The number of anilines is 3. The maximum absolute atomic E-state index is 8.86. The maximum Gasteiger partial charge on any atom is 0.232 e. The molecule has 0 bridgehead atoms. The maximum atomic E-state index is 8.86. The molecule has 0 aliphatic heterocycles. The molecule has 0 saturated heterocycles. The number of nitrogens with zero attached hydrogens (tertiary/aromatic N) is 4. The molecule has 1 aromatic heterocycles. The van der Waals surface area contributed by atoms with E-state index >= 15 is 0 Å². The molecule has 25 heavy (non-hydrogen) atoms. The third kappa shape index (κ3) is 3.90. The molecule has 6 nitrogen and oxygen atoms in total. The first-order chi connectivity index (χ1) is 12.0. The molecule has 0 aliphatic rings. The number of nitrogens with two attached hydrogens (primary N) is 1. The van der Waals surface area contributed by atoms with Crippen molar-refractivity contribution in [1.29, 1.82) is 5.26 Å². The average molecular weight is 330 g/mol. The van der Waals surface area contributed by atoms with Gasteiger partial charge in [-0.2, -0.15) is 20.2 Å². The van der Waals surface area contributed by atoms with Crippen molar-refractivity contribution < 1.29 is 0 Å². The van der Waals surface area contributed by atoms with Gasteiger partial charge in [-0.15, -0.1) is 0 Å².